The van der Waals surface area contributed by atoms with Gasteiger partial charge >= 0.3 is 0 Å². The zero-order chi connectivity index (χ0) is 13.2. The molecule has 0 radical (unpaired) electrons. The molecule has 0 fully saturated rings. The Hall–Kier alpha value is -1.61. The number of nitrogens with one attached hydrogen (secondary N) is 1. The lowest BCUT2D eigenvalue weighted by Gasteiger charge is -2.25. The summed E-state index contributed by atoms with van der Waals surface area (Å²) in [6.45, 7) is 0. The Balaban J connectivity index is 1.94. The number of alkyl halides is 1. The molecule has 0 saturated heterocycles. The van der Waals surface area contributed by atoms with Crippen LogP contribution in [0.25, 0.3) is 0 Å². The molecule has 0 aliphatic carbocycles. The van der Waals surface area contributed by atoms with Crippen LogP contribution >= 0.6 is 15.9 Å². The molecule has 1 amide bonds. The molecule has 1 unspecified atom stereocenters. The molecule has 96 valence electrons. The van der Waals surface area contributed by atoms with Gasteiger partial charge in [0.15, 0.2) is 0 Å². The maximum Gasteiger partial charge on any atom is 0.232 e. The van der Waals surface area contributed by atoms with E-state index in [0.717, 1.165) is 23.0 Å². The summed E-state index contributed by atoms with van der Waals surface area (Å²) in [7, 11) is 0. The fourth-order valence-electron chi connectivity index (χ4n) is 2.49. The van der Waals surface area contributed by atoms with E-state index in [4.69, 9.17) is 0 Å². The van der Waals surface area contributed by atoms with Crippen molar-refractivity contribution in [3.8, 4) is 0 Å². The highest BCUT2D eigenvalue weighted by molar-refractivity contribution is 9.08. The highest BCUT2D eigenvalue weighted by atomic mass is 79.9. The van der Waals surface area contributed by atoms with Crippen LogP contribution in [0.2, 0.25) is 0 Å². The van der Waals surface area contributed by atoms with Crippen LogP contribution in [0.3, 0.4) is 0 Å². The molecule has 2 aromatic rings. The SMILES string of the molecule is O=C1Nc2cc(CBr)ccc2CC1c1ccccc1. The Morgan fingerprint density at radius 2 is 1.95 bits per heavy atom. The number of carbonyl (C=O) groups excluding carboxylic acids is 1. The van der Waals surface area contributed by atoms with Crippen molar-refractivity contribution in [2.75, 3.05) is 5.32 Å². The van der Waals surface area contributed by atoms with E-state index in [2.05, 4.69) is 33.4 Å². The number of carbonyl (C=O) groups is 1. The number of hydrogen-bond acceptors (Lipinski definition) is 1. The smallest absolute Gasteiger partial charge is 0.232 e. The number of amides is 1. The predicted octanol–water partition coefficient (Wildman–Crippen LogP) is 3.86. The highest BCUT2D eigenvalue weighted by Gasteiger charge is 2.27. The number of halogens is 1. The first kappa shape index (κ1) is 12.4. The highest BCUT2D eigenvalue weighted by Crippen LogP contribution is 2.32. The minimum absolute atomic E-state index is 0.0801. The van der Waals surface area contributed by atoms with E-state index in [9.17, 15) is 4.79 Å². The van der Waals surface area contributed by atoms with Crippen molar-refractivity contribution in [2.24, 2.45) is 0 Å². The second kappa shape index (κ2) is 5.17. The molecule has 2 nitrogen and oxygen atoms in total. The Kier molecular flexibility index (Phi) is 3.38. The second-order valence-electron chi connectivity index (χ2n) is 4.78. The lowest BCUT2D eigenvalue weighted by molar-refractivity contribution is -0.117. The fourth-order valence-corrected chi connectivity index (χ4v) is 2.84. The summed E-state index contributed by atoms with van der Waals surface area (Å²) in [4.78, 5) is 12.2. The monoisotopic (exact) mass is 315 g/mol. The fraction of sp³-hybridized carbons (Fsp3) is 0.188. The summed E-state index contributed by atoms with van der Waals surface area (Å²) in [6, 6.07) is 16.2. The van der Waals surface area contributed by atoms with E-state index in [1.165, 1.54) is 11.1 Å². The molecule has 3 rings (SSSR count). The van der Waals surface area contributed by atoms with Gasteiger partial charge in [0.1, 0.15) is 0 Å². The summed E-state index contributed by atoms with van der Waals surface area (Å²) in [5.41, 5.74) is 4.42. The molecule has 1 N–H and O–H groups in total. The van der Waals surface area contributed by atoms with Gasteiger partial charge in [0, 0.05) is 11.0 Å². The van der Waals surface area contributed by atoms with Crippen molar-refractivity contribution < 1.29 is 4.79 Å². The van der Waals surface area contributed by atoms with Gasteiger partial charge in [-0.1, -0.05) is 58.4 Å². The Labute approximate surface area is 121 Å². The van der Waals surface area contributed by atoms with Crippen LogP contribution in [0.1, 0.15) is 22.6 Å². The van der Waals surface area contributed by atoms with Crippen LogP contribution in [-0.4, -0.2) is 5.91 Å². The van der Waals surface area contributed by atoms with Gasteiger partial charge in [0.2, 0.25) is 5.91 Å². The third kappa shape index (κ3) is 2.43. The van der Waals surface area contributed by atoms with Gasteiger partial charge < -0.3 is 5.32 Å². The number of fused-ring (bicyclic) bond motifs is 1. The van der Waals surface area contributed by atoms with Crippen molar-refractivity contribution in [1.29, 1.82) is 0 Å². The van der Waals surface area contributed by atoms with E-state index in [-0.39, 0.29) is 11.8 Å². The molecule has 1 aliphatic heterocycles. The molecule has 0 spiro atoms. The Morgan fingerprint density at radius 1 is 1.16 bits per heavy atom. The third-order valence-electron chi connectivity index (χ3n) is 3.53. The van der Waals surface area contributed by atoms with E-state index < -0.39 is 0 Å². The number of benzene rings is 2. The average Bonchev–Trinajstić information content (AvgIpc) is 2.47. The lowest BCUT2D eigenvalue weighted by atomic mass is 9.87. The number of hydrogen-bond donors (Lipinski definition) is 1. The van der Waals surface area contributed by atoms with Crippen molar-refractivity contribution in [2.45, 2.75) is 17.7 Å². The standard InChI is InChI=1S/C16H14BrNO/c17-10-11-6-7-13-9-14(12-4-2-1-3-5-12)16(19)18-15(13)8-11/h1-8,14H,9-10H2,(H,18,19). The van der Waals surface area contributed by atoms with E-state index in [1.54, 1.807) is 0 Å². The van der Waals surface area contributed by atoms with Crippen LogP contribution in [0.15, 0.2) is 48.5 Å². The maximum absolute atomic E-state index is 12.2. The van der Waals surface area contributed by atoms with E-state index >= 15 is 0 Å². The number of anilines is 1. The number of rotatable bonds is 2. The van der Waals surface area contributed by atoms with Gasteiger partial charge in [-0.25, -0.2) is 0 Å². The first-order valence-electron chi connectivity index (χ1n) is 6.31. The van der Waals surface area contributed by atoms with Gasteiger partial charge in [0.05, 0.1) is 5.92 Å². The first-order chi connectivity index (χ1) is 9.28. The van der Waals surface area contributed by atoms with Crippen LogP contribution in [0.5, 0.6) is 0 Å². The quantitative estimate of drug-likeness (QED) is 0.838. The molecule has 0 saturated carbocycles. The van der Waals surface area contributed by atoms with Crippen LogP contribution in [0.4, 0.5) is 5.69 Å². The maximum atomic E-state index is 12.2. The summed E-state index contributed by atoms with van der Waals surface area (Å²) >= 11 is 3.44. The summed E-state index contributed by atoms with van der Waals surface area (Å²) in [5, 5.41) is 3.83. The van der Waals surface area contributed by atoms with Crippen molar-refractivity contribution in [1.82, 2.24) is 0 Å². The topological polar surface area (TPSA) is 29.1 Å². The largest absolute Gasteiger partial charge is 0.325 e. The normalized spacial score (nSPS) is 17.7. The molecule has 1 atom stereocenters. The predicted molar refractivity (Wildman–Crippen MR) is 80.6 cm³/mol. The third-order valence-corrected chi connectivity index (χ3v) is 4.18. The molecular formula is C16H14BrNO. The summed E-state index contributed by atoms with van der Waals surface area (Å²) in [6.07, 6.45) is 0.772. The van der Waals surface area contributed by atoms with Crippen LogP contribution in [0, 0.1) is 0 Å². The van der Waals surface area contributed by atoms with Gasteiger partial charge in [-0.2, -0.15) is 0 Å². The lowest BCUT2D eigenvalue weighted by Crippen LogP contribution is -2.28. The molecule has 0 bridgehead atoms. The van der Waals surface area contributed by atoms with Gasteiger partial charge in [-0.3, -0.25) is 4.79 Å². The van der Waals surface area contributed by atoms with Crippen LogP contribution < -0.4 is 5.32 Å². The Morgan fingerprint density at radius 3 is 2.68 bits per heavy atom. The summed E-state index contributed by atoms with van der Waals surface area (Å²) in [5.74, 6) is 0.00828. The van der Waals surface area contributed by atoms with Crippen molar-refractivity contribution >= 4 is 27.5 Å². The van der Waals surface area contributed by atoms with E-state index in [0.29, 0.717) is 0 Å². The van der Waals surface area contributed by atoms with Crippen molar-refractivity contribution in [3.05, 3.63) is 65.2 Å². The molecule has 1 heterocycles. The molecular weight excluding hydrogens is 302 g/mol. The van der Waals surface area contributed by atoms with Gasteiger partial charge in [0.25, 0.3) is 0 Å². The zero-order valence-corrected chi connectivity index (χ0v) is 12.0. The molecule has 3 heteroatoms. The van der Waals surface area contributed by atoms with E-state index in [1.807, 2.05) is 36.4 Å². The first-order valence-corrected chi connectivity index (χ1v) is 7.43. The minimum Gasteiger partial charge on any atom is -0.325 e. The zero-order valence-electron chi connectivity index (χ0n) is 10.4. The molecule has 2 aromatic carbocycles. The minimum atomic E-state index is -0.0801. The average molecular weight is 316 g/mol. The Bertz CT molecular complexity index is 609. The molecule has 1 aliphatic rings. The van der Waals surface area contributed by atoms with Crippen molar-refractivity contribution in [3.63, 3.8) is 0 Å². The molecule has 19 heavy (non-hydrogen) atoms. The van der Waals surface area contributed by atoms with Gasteiger partial charge in [-0.05, 0) is 29.2 Å². The van der Waals surface area contributed by atoms with Crippen LogP contribution in [-0.2, 0) is 16.5 Å². The molecule has 0 aromatic heterocycles. The summed E-state index contributed by atoms with van der Waals surface area (Å²) < 4.78 is 0. The van der Waals surface area contributed by atoms with Gasteiger partial charge in [-0.15, -0.1) is 0 Å². The second-order valence-corrected chi connectivity index (χ2v) is 5.34.